The molecule has 0 radical (unpaired) electrons. The molecule has 2 atom stereocenters. The van der Waals surface area contributed by atoms with Gasteiger partial charge in [0.2, 0.25) is 5.91 Å². The van der Waals surface area contributed by atoms with Gasteiger partial charge in [0.05, 0.1) is 29.7 Å². The first-order chi connectivity index (χ1) is 25.2. The SMILES string of the molecule is Cc1ccc(OC2CC2)c(C)c1-c1cc(C(F)(F)F)c(F)c([C@H](CC(=O)O)NC(=O)C(CC(C)C)n2cc(CCN3CCC3)c(C(F)(F)F)cc2=O)c1F. The third-order valence-electron chi connectivity index (χ3n) is 9.74. The van der Waals surface area contributed by atoms with Gasteiger partial charge in [0, 0.05) is 29.9 Å². The van der Waals surface area contributed by atoms with Gasteiger partial charge in [-0.1, -0.05) is 19.9 Å². The monoisotopic (exact) mass is 771 g/mol. The highest BCUT2D eigenvalue weighted by molar-refractivity contribution is 5.82. The highest BCUT2D eigenvalue weighted by atomic mass is 19.4. The van der Waals surface area contributed by atoms with Crippen LogP contribution in [0.15, 0.2) is 35.3 Å². The van der Waals surface area contributed by atoms with Crippen LogP contribution in [-0.4, -0.2) is 52.2 Å². The third kappa shape index (κ3) is 9.07. The second-order valence-corrected chi connectivity index (χ2v) is 14.4. The van der Waals surface area contributed by atoms with Crippen LogP contribution in [0.2, 0.25) is 0 Å². The molecule has 1 aliphatic heterocycles. The molecule has 1 saturated carbocycles. The maximum atomic E-state index is 16.7. The standard InChI is InChI=1S/C38H41F8N3O5/c1-19(2)14-28(49-18-22(10-13-48-11-5-12-48)25(16-30(49)50)37(41,42)43)36(53)47-27(17-31(51)52)33-34(39)24(15-26(35(33)40)38(44,45)46)32-20(3)6-9-29(21(32)4)54-23-7-8-23/h6,9,15-16,18-19,23,27-28H,5,7-8,10-14,17H2,1-4H3,(H,47,53)(H,51,52)/t27-,28?/m0/s1. The van der Waals surface area contributed by atoms with Crippen LogP contribution < -0.4 is 15.6 Å². The molecule has 1 amide bonds. The summed E-state index contributed by atoms with van der Waals surface area (Å²) in [5.41, 5.74) is -6.27. The molecule has 0 bridgehead atoms. The molecule has 0 spiro atoms. The number of halogens is 8. The van der Waals surface area contributed by atoms with E-state index >= 15 is 8.78 Å². The van der Waals surface area contributed by atoms with Gasteiger partial charge in [0.1, 0.15) is 23.4 Å². The summed E-state index contributed by atoms with van der Waals surface area (Å²) < 4.78 is 125. The second-order valence-electron chi connectivity index (χ2n) is 14.4. The van der Waals surface area contributed by atoms with Gasteiger partial charge in [-0.15, -0.1) is 0 Å². The van der Waals surface area contributed by atoms with Crippen molar-refractivity contribution in [2.45, 2.75) is 96.8 Å². The first kappa shape index (κ1) is 40.7. The van der Waals surface area contributed by atoms with Crippen molar-refractivity contribution in [2.75, 3.05) is 19.6 Å². The van der Waals surface area contributed by atoms with Gasteiger partial charge in [-0.05, 0) is 99.3 Å². The van der Waals surface area contributed by atoms with Crippen LogP contribution in [-0.2, 0) is 28.4 Å². The molecule has 16 heteroatoms. The van der Waals surface area contributed by atoms with Gasteiger partial charge >= 0.3 is 18.3 Å². The summed E-state index contributed by atoms with van der Waals surface area (Å²) in [6.07, 6.45) is -8.85. The first-order valence-electron chi connectivity index (χ1n) is 17.6. The molecule has 294 valence electrons. The normalized spacial score (nSPS) is 16.2. The Morgan fingerprint density at radius 1 is 0.981 bits per heavy atom. The summed E-state index contributed by atoms with van der Waals surface area (Å²) in [4.78, 5) is 41.3. The van der Waals surface area contributed by atoms with E-state index in [0.717, 1.165) is 30.0 Å². The maximum Gasteiger partial charge on any atom is 0.419 e. The highest BCUT2D eigenvalue weighted by Crippen LogP contribution is 2.44. The smallest absolute Gasteiger partial charge is 0.419 e. The van der Waals surface area contributed by atoms with Gasteiger partial charge in [0.15, 0.2) is 0 Å². The van der Waals surface area contributed by atoms with Gasteiger partial charge in [0.25, 0.3) is 5.56 Å². The lowest BCUT2D eigenvalue weighted by Gasteiger charge is -2.31. The minimum Gasteiger partial charge on any atom is -0.490 e. The molecule has 5 rings (SSSR count). The number of nitrogens with one attached hydrogen (secondary N) is 1. The summed E-state index contributed by atoms with van der Waals surface area (Å²) in [6, 6.07) is -0.201. The fraction of sp³-hybridized carbons (Fsp3) is 0.500. The summed E-state index contributed by atoms with van der Waals surface area (Å²) in [5.74, 6) is -6.86. The van der Waals surface area contributed by atoms with Gasteiger partial charge in [-0.3, -0.25) is 14.4 Å². The average molecular weight is 772 g/mol. The maximum absolute atomic E-state index is 16.7. The molecule has 1 aromatic heterocycles. The molecule has 3 aromatic rings. The zero-order chi connectivity index (χ0) is 39.9. The van der Waals surface area contributed by atoms with E-state index in [4.69, 9.17) is 4.74 Å². The molecule has 1 unspecified atom stereocenters. The van der Waals surface area contributed by atoms with Crippen molar-refractivity contribution in [3.63, 3.8) is 0 Å². The van der Waals surface area contributed by atoms with Crippen LogP contribution in [0.5, 0.6) is 5.75 Å². The fourth-order valence-corrected chi connectivity index (χ4v) is 6.73. The van der Waals surface area contributed by atoms with Crippen LogP contribution in [0, 0.1) is 31.4 Å². The minimum atomic E-state index is -5.40. The number of benzene rings is 2. The first-order valence-corrected chi connectivity index (χ1v) is 17.6. The van der Waals surface area contributed by atoms with Gasteiger partial charge in [-0.2, -0.15) is 26.3 Å². The van der Waals surface area contributed by atoms with Crippen molar-refractivity contribution < 1.29 is 54.6 Å². The predicted molar refractivity (Wildman–Crippen MR) is 182 cm³/mol. The Balaban J connectivity index is 1.63. The van der Waals surface area contributed by atoms with E-state index in [1.54, 1.807) is 19.9 Å². The van der Waals surface area contributed by atoms with Crippen LogP contribution in [0.1, 0.15) is 91.4 Å². The third-order valence-corrected chi connectivity index (χ3v) is 9.74. The number of aliphatic carboxylic acids is 1. The lowest BCUT2D eigenvalue weighted by Crippen LogP contribution is -2.41. The highest BCUT2D eigenvalue weighted by Gasteiger charge is 2.41. The largest absolute Gasteiger partial charge is 0.490 e. The zero-order valence-electron chi connectivity index (χ0n) is 30.1. The Morgan fingerprint density at radius 2 is 1.63 bits per heavy atom. The molecule has 2 aliphatic rings. The molecule has 8 nitrogen and oxygen atoms in total. The van der Waals surface area contributed by atoms with Crippen molar-refractivity contribution in [2.24, 2.45) is 5.92 Å². The number of carboxylic acids is 1. The number of amides is 1. The van der Waals surface area contributed by atoms with E-state index in [1.807, 2.05) is 4.90 Å². The second kappa shape index (κ2) is 15.7. The summed E-state index contributed by atoms with van der Waals surface area (Å²) >= 11 is 0. The topological polar surface area (TPSA) is 101 Å². The van der Waals surface area contributed by atoms with E-state index in [9.17, 15) is 45.8 Å². The lowest BCUT2D eigenvalue weighted by molar-refractivity contribution is -0.140. The minimum absolute atomic E-state index is 0.0578. The number of carbonyl (C=O) groups is 2. The van der Waals surface area contributed by atoms with Crippen LogP contribution >= 0.6 is 0 Å². The molecule has 54 heavy (non-hydrogen) atoms. The predicted octanol–water partition coefficient (Wildman–Crippen LogP) is 8.16. The molecule has 1 aliphatic carbocycles. The number of alkyl halides is 6. The van der Waals surface area contributed by atoms with E-state index in [-0.39, 0.29) is 54.0 Å². The van der Waals surface area contributed by atoms with Crippen LogP contribution in [0.4, 0.5) is 35.1 Å². The van der Waals surface area contributed by atoms with E-state index in [0.29, 0.717) is 24.7 Å². The molecule has 2 aromatic carbocycles. The Hall–Kier alpha value is -4.47. The summed E-state index contributed by atoms with van der Waals surface area (Å²) in [7, 11) is 0. The number of rotatable bonds is 14. The zero-order valence-corrected chi connectivity index (χ0v) is 30.1. The number of aromatic nitrogens is 1. The van der Waals surface area contributed by atoms with E-state index in [2.05, 4.69) is 5.32 Å². The molecular weight excluding hydrogens is 730 g/mol. The van der Waals surface area contributed by atoms with Crippen molar-refractivity contribution in [1.29, 1.82) is 0 Å². The van der Waals surface area contributed by atoms with E-state index in [1.165, 1.54) is 19.9 Å². The number of carboxylic acid groups (broad SMARTS) is 1. The number of ether oxygens (including phenoxy) is 1. The van der Waals surface area contributed by atoms with Crippen LogP contribution in [0.25, 0.3) is 11.1 Å². The Bertz CT molecular complexity index is 1970. The quantitative estimate of drug-likeness (QED) is 0.161. The number of aryl methyl sites for hydroxylation is 1. The lowest BCUT2D eigenvalue weighted by atomic mass is 9.88. The molecule has 2 fully saturated rings. The Morgan fingerprint density at radius 3 is 2.17 bits per heavy atom. The molecule has 2 heterocycles. The fourth-order valence-electron chi connectivity index (χ4n) is 6.73. The number of nitrogens with zero attached hydrogens (tertiary/aromatic N) is 2. The Kier molecular flexibility index (Phi) is 11.8. The summed E-state index contributed by atoms with van der Waals surface area (Å²) in [6.45, 7) is 7.81. The number of hydrogen-bond donors (Lipinski definition) is 2. The molecular formula is C38H41F8N3O5. The van der Waals surface area contributed by atoms with Crippen LogP contribution in [0.3, 0.4) is 0 Å². The van der Waals surface area contributed by atoms with Crippen molar-refractivity contribution in [3.05, 3.63) is 85.8 Å². The Labute approximate surface area is 306 Å². The number of likely N-dealkylation sites (tertiary alicyclic amines) is 1. The van der Waals surface area contributed by atoms with Gasteiger partial charge in [-0.25, -0.2) is 8.78 Å². The molecule has 1 saturated heterocycles. The number of pyridine rings is 1. The van der Waals surface area contributed by atoms with Crippen molar-refractivity contribution in [3.8, 4) is 16.9 Å². The van der Waals surface area contributed by atoms with Crippen molar-refractivity contribution in [1.82, 2.24) is 14.8 Å². The van der Waals surface area contributed by atoms with Gasteiger partial charge < -0.3 is 24.6 Å². The summed E-state index contributed by atoms with van der Waals surface area (Å²) in [5, 5.41) is 11.9. The van der Waals surface area contributed by atoms with E-state index < -0.39 is 88.1 Å². The number of hydrogen-bond acceptors (Lipinski definition) is 5. The average Bonchev–Trinajstić information content (AvgIpc) is 3.85. The van der Waals surface area contributed by atoms with Crippen molar-refractivity contribution >= 4 is 11.9 Å². The number of carbonyl (C=O) groups excluding carboxylic acids is 1. The molecule has 2 N–H and O–H groups in total.